The van der Waals surface area contributed by atoms with Crippen molar-refractivity contribution in [3.05, 3.63) is 22.2 Å². The van der Waals surface area contributed by atoms with Gasteiger partial charge in [-0.25, -0.2) is 8.42 Å². The molecule has 1 aromatic rings. The molecule has 7 nitrogen and oxygen atoms in total. The second-order valence-corrected chi connectivity index (χ2v) is 5.58. The van der Waals surface area contributed by atoms with Crippen LogP contribution in [-0.4, -0.2) is 27.1 Å². The largest absolute Gasteiger partial charge is 0.493 e. The lowest BCUT2D eigenvalue weighted by atomic mass is 10.3. The first kappa shape index (κ1) is 15.4. The Kier molecular flexibility index (Phi) is 4.48. The molecule has 1 aromatic carbocycles. The van der Waals surface area contributed by atoms with E-state index in [1.807, 2.05) is 0 Å². The zero-order valence-electron chi connectivity index (χ0n) is 9.17. The number of methoxy groups -OCH3 is 1. The molecule has 0 radical (unpaired) electrons. The summed E-state index contributed by atoms with van der Waals surface area (Å²) in [7, 11) is 1.49. The van der Waals surface area contributed by atoms with E-state index in [-0.39, 0.29) is 0 Å². The lowest BCUT2D eigenvalue weighted by molar-refractivity contribution is -0.385. The minimum atomic E-state index is -4.54. The van der Waals surface area contributed by atoms with Gasteiger partial charge in [-0.2, -0.15) is 8.78 Å². The Morgan fingerprint density at radius 1 is 1.42 bits per heavy atom. The first-order chi connectivity index (χ1) is 8.66. The van der Waals surface area contributed by atoms with Crippen molar-refractivity contribution in [2.75, 3.05) is 7.11 Å². The molecule has 0 aliphatic heterocycles. The molecule has 0 bridgehead atoms. The van der Waals surface area contributed by atoms with Crippen LogP contribution in [0.25, 0.3) is 0 Å². The molecule has 19 heavy (non-hydrogen) atoms. The minimum Gasteiger partial charge on any atom is -0.493 e. The normalized spacial score (nSPS) is 11.4. The maximum Gasteiger partial charge on any atom is 0.387 e. The Balaban J connectivity index is 3.62. The van der Waals surface area contributed by atoms with Gasteiger partial charge in [-0.3, -0.25) is 10.1 Å². The number of halogens is 3. The molecular weight excluding hydrogens is 312 g/mol. The summed E-state index contributed by atoms with van der Waals surface area (Å²) in [6, 6.07) is 1.24. The third-order valence-corrected chi connectivity index (χ3v) is 3.23. The van der Waals surface area contributed by atoms with E-state index in [0.29, 0.717) is 6.07 Å². The third-order valence-electron chi connectivity index (χ3n) is 1.91. The number of benzene rings is 1. The molecule has 0 atom stereocenters. The topological polar surface area (TPSA) is 95.7 Å². The quantitative estimate of drug-likeness (QED) is 0.469. The van der Waals surface area contributed by atoms with Gasteiger partial charge in [0, 0.05) is 16.7 Å². The first-order valence-electron chi connectivity index (χ1n) is 4.42. The van der Waals surface area contributed by atoms with E-state index in [0.717, 1.165) is 13.2 Å². The van der Waals surface area contributed by atoms with Crippen molar-refractivity contribution < 1.29 is 31.6 Å². The van der Waals surface area contributed by atoms with Crippen LogP contribution in [0.1, 0.15) is 0 Å². The molecule has 0 aromatic heterocycles. The monoisotopic (exact) mass is 317 g/mol. The summed E-state index contributed by atoms with van der Waals surface area (Å²) < 4.78 is 55.5. The Bertz CT molecular complexity index is 606. The van der Waals surface area contributed by atoms with E-state index in [9.17, 15) is 27.3 Å². The average molecular weight is 318 g/mol. The van der Waals surface area contributed by atoms with Crippen LogP contribution < -0.4 is 9.47 Å². The smallest absolute Gasteiger partial charge is 0.387 e. The van der Waals surface area contributed by atoms with Gasteiger partial charge in [0.2, 0.25) is 0 Å². The van der Waals surface area contributed by atoms with Gasteiger partial charge in [-0.1, -0.05) is 0 Å². The lowest BCUT2D eigenvalue weighted by Gasteiger charge is -2.12. The first-order valence-corrected chi connectivity index (χ1v) is 6.73. The summed E-state index contributed by atoms with van der Waals surface area (Å²) in [4.78, 5) is 8.70. The SMILES string of the molecule is COc1cc([N+](=O)[O-])cc(S(=O)(=O)Cl)c1OC(F)F. The second-order valence-electron chi connectivity index (χ2n) is 3.05. The number of nitrogens with zero attached hydrogens (tertiary/aromatic N) is 1. The van der Waals surface area contributed by atoms with Crippen LogP contribution in [0.4, 0.5) is 14.5 Å². The fourth-order valence-electron chi connectivity index (χ4n) is 1.21. The average Bonchev–Trinajstić information content (AvgIpc) is 2.26. The Labute approximate surface area is 110 Å². The highest BCUT2D eigenvalue weighted by atomic mass is 35.7. The molecule has 0 aliphatic rings. The molecule has 1 rings (SSSR count). The van der Waals surface area contributed by atoms with E-state index in [2.05, 4.69) is 9.47 Å². The van der Waals surface area contributed by atoms with Gasteiger partial charge in [0.15, 0.2) is 11.5 Å². The Morgan fingerprint density at radius 3 is 2.37 bits per heavy atom. The summed E-state index contributed by atoms with van der Waals surface area (Å²) in [6.45, 7) is -3.35. The molecule has 0 amide bonds. The molecule has 0 N–H and O–H groups in total. The van der Waals surface area contributed by atoms with Crippen LogP contribution in [0.3, 0.4) is 0 Å². The molecule has 0 saturated carbocycles. The summed E-state index contributed by atoms with van der Waals surface area (Å²) in [5.41, 5.74) is -0.697. The van der Waals surface area contributed by atoms with Crippen LogP contribution >= 0.6 is 10.7 Å². The molecule has 0 spiro atoms. The van der Waals surface area contributed by atoms with Crippen LogP contribution in [0, 0.1) is 10.1 Å². The van der Waals surface area contributed by atoms with E-state index < -0.39 is 42.7 Å². The van der Waals surface area contributed by atoms with Gasteiger partial charge >= 0.3 is 6.61 Å². The highest BCUT2D eigenvalue weighted by Crippen LogP contribution is 2.40. The highest BCUT2D eigenvalue weighted by Gasteiger charge is 2.28. The van der Waals surface area contributed by atoms with Gasteiger partial charge in [-0.15, -0.1) is 0 Å². The summed E-state index contributed by atoms with van der Waals surface area (Å²) >= 11 is 0. The van der Waals surface area contributed by atoms with Gasteiger partial charge < -0.3 is 9.47 Å². The molecule has 106 valence electrons. The lowest BCUT2D eigenvalue weighted by Crippen LogP contribution is -2.08. The summed E-state index contributed by atoms with van der Waals surface area (Å²) in [6.07, 6.45) is 0. The predicted octanol–water partition coefficient (Wildman–Crippen LogP) is 2.13. The maximum atomic E-state index is 12.2. The van der Waals surface area contributed by atoms with Crippen molar-refractivity contribution in [3.63, 3.8) is 0 Å². The van der Waals surface area contributed by atoms with E-state index in [1.54, 1.807) is 0 Å². The molecule has 0 aliphatic carbocycles. The van der Waals surface area contributed by atoms with E-state index >= 15 is 0 Å². The number of non-ortho nitro benzene ring substituents is 1. The molecule has 11 heteroatoms. The van der Waals surface area contributed by atoms with Crippen LogP contribution in [0.5, 0.6) is 11.5 Å². The van der Waals surface area contributed by atoms with Gasteiger partial charge in [0.05, 0.1) is 18.1 Å². The number of hydrogen-bond acceptors (Lipinski definition) is 6. The highest BCUT2D eigenvalue weighted by molar-refractivity contribution is 8.13. The Morgan fingerprint density at radius 2 is 2.00 bits per heavy atom. The zero-order chi connectivity index (χ0) is 14.8. The van der Waals surface area contributed by atoms with Crippen LogP contribution in [0.15, 0.2) is 17.0 Å². The number of rotatable bonds is 5. The van der Waals surface area contributed by atoms with Crippen LogP contribution in [0.2, 0.25) is 0 Å². The Hall–Kier alpha value is -1.68. The van der Waals surface area contributed by atoms with E-state index in [4.69, 9.17) is 10.7 Å². The van der Waals surface area contributed by atoms with Crippen LogP contribution in [-0.2, 0) is 9.05 Å². The summed E-state index contributed by atoms with van der Waals surface area (Å²) in [5, 5.41) is 10.6. The molecule has 0 unspecified atom stereocenters. The number of ether oxygens (including phenoxy) is 2. The zero-order valence-corrected chi connectivity index (χ0v) is 10.7. The predicted molar refractivity (Wildman–Crippen MR) is 59.3 cm³/mol. The van der Waals surface area contributed by atoms with Crippen molar-refractivity contribution >= 4 is 25.4 Å². The summed E-state index contributed by atoms with van der Waals surface area (Å²) in [5.74, 6) is -1.44. The number of hydrogen-bond donors (Lipinski definition) is 0. The van der Waals surface area contributed by atoms with Crippen molar-refractivity contribution in [1.82, 2.24) is 0 Å². The fraction of sp³-hybridized carbons (Fsp3) is 0.250. The van der Waals surface area contributed by atoms with Crippen molar-refractivity contribution in [2.24, 2.45) is 0 Å². The van der Waals surface area contributed by atoms with Crippen molar-refractivity contribution in [2.45, 2.75) is 11.5 Å². The van der Waals surface area contributed by atoms with Gasteiger partial charge in [0.1, 0.15) is 4.90 Å². The molecule has 0 heterocycles. The van der Waals surface area contributed by atoms with Gasteiger partial charge in [0.25, 0.3) is 14.7 Å². The number of nitro groups is 1. The molecule has 0 saturated heterocycles. The molecular formula is C8H6ClF2NO6S. The third kappa shape index (κ3) is 3.64. The van der Waals surface area contributed by atoms with Gasteiger partial charge in [-0.05, 0) is 0 Å². The number of nitro benzene ring substituents is 1. The molecule has 0 fully saturated rings. The van der Waals surface area contributed by atoms with Crippen molar-refractivity contribution in [3.8, 4) is 11.5 Å². The fourth-order valence-corrected chi connectivity index (χ4v) is 2.18. The van der Waals surface area contributed by atoms with E-state index in [1.165, 1.54) is 0 Å². The maximum absolute atomic E-state index is 12.2. The van der Waals surface area contributed by atoms with Crippen molar-refractivity contribution in [1.29, 1.82) is 0 Å². The second kappa shape index (κ2) is 5.53. The standard InChI is InChI=1S/C8H6ClF2NO6S/c1-17-5-2-4(12(13)14)3-6(19(9,15)16)7(5)18-8(10)11/h2-3,8H,1H3. The number of alkyl halides is 2. The minimum absolute atomic E-state index is 0.503.